The van der Waals surface area contributed by atoms with E-state index in [1.165, 1.54) is 4.90 Å². The number of nitrogens with zero attached hydrogens (tertiary/aromatic N) is 2. The van der Waals surface area contributed by atoms with Gasteiger partial charge in [0, 0.05) is 29.7 Å². The van der Waals surface area contributed by atoms with Crippen molar-refractivity contribution in [3.63, 3.8) is 0 Å². The number of alkyl halides is 1. The third-order valence-electron chi connectivity index (χ3n) is 4.65. The molecule has 4 rings (SSSR count). The molecule has 3 aromatic rings. The molecule has 3 aromatic carbocycles. The zero-order valence-electron chi connectivity index (χ0n) is 14.6. The van der Waals surface area contributed by atoms with Gasteiger partial charge in [-0.25, -0.2) is 0 Å². The number of aromatic hydroxyl groups is 4. The Morgan fingerprint density at radius 2 is 1.25 bits per heavy atom. The van der Waals surface area contributed by atoms with Gasteiger partial charge in [0.25, 0.3) is 0 Å². The number of hydrogen-bond acceptors (Lipinski definition) is 6. The van der Waals surface area contributed by atoms with Gasteiger partial charge in [0.15, 0.2) is 11.5 Å². The maximum absolute atomic E-state index is 10.4. The summed E-state index contributed by atoms with van der Waals surface area (Å²) >= 11 is 7.17. The molecule has 0 saturated carbocycles. The largest absolute Gasteiger partial charge is 0.504 e. The summed E-state index contributed by atoms with van der Waals surface area (Å²) in [6.07, 6.45) is 3.35. The lowest BCUT2D eigenvalue weighted by Crippen LogP contribution is -2.46. The molecule has 1 unspecified atom stereocenters. The fourth-order valence-electron chi connectivity index (χ4n) is 3.27. The van der Waals surface area contributed by atoms with Crippen LogP contribution in [-0.2, 0) is 5.12 Å². The van der Waals surface area contributed by atoms with Crippen LogP contribution in [0.15, 0.2) is 79.1 Å². The highest BCUT2D eigenvalue weighted by Gasteiger charge is 2.46. The first-order valence-electron chi connectivity index (χ1n) is 8.48. The average molecular weight is 397 g/mol. The molecule has 4 N–H and O–H groups in total. The van der Waals surface area contributed by atoms with Crippen LogP contribution >= 0.6 is 11.6 Å². The van der Waals surface area contributed by atoms with Crippen molar-refractivity contribution < 1.29 is 20.4 Å². The van der Waals surface area contributed by atoms with Crippen LogP contribution in [0.4, 0.5) is 11.4 Å². The number of phenols is 4. The van der Waals surface area contributed by atoms with Crippen LogP contribution in [0.1, 0.15) is 5.56 Å². The Bertz CT molecular complexity index is 1040. The zero-order chi connectivity index (χ0) is 19.9. The van der Waals surface area contributed by atoms with E-state index in [0.29, 0.717) is 5.56 Å². The quantitative estimate of drug-likeness (QED) is 0.228. The Morgan fingerprint density at radius 1 is 0.679 bits per heavy atom. The van der Waals surface area contributed by atoms with Gasteiger partial charge in [-0.3, -0.25) is 0 Å². The number of rotatable bonds is 3. The Balaban J connectivity index is 1.92. The minimum atomic E-state index is -1.34. The van der Waals surface area contributed by atoms with Crippen LogP contribution in [0, 0.1) is 0 Å². The maximum Gasteiger partial charge on any atom is 0.225 e. The third-order valence-corrected chi connectivity index (χ3v) is 5.23. The Labute approximate surface area is 166 Å². The van der Waals surface area contributed by atoms with Gasteiger partial charge in [0.1, 0.15) is 0 Å². The molecular formula is C21H17ClN2O4. The molecule has 0 aromatic heterocycles. The van der Waals surface area contributed by atoms with E-state index < -0.39 is 28.1 Å². The van der Waals surface area contributed by atoms with E-state index in [-0.39, 0.29) is 5.69 Å². The van der Waals surface area contributed by atoms with Crippen molar-refractivity contribution in [2.24, 2.45) is 0 Å². The normalized spacial score (nSPS) is 18.6. The summed E-state index contributed by atoms with van der Waals surface area (Å²) in [5.41, 5.74) is 1.52. The summed E-state index contributed by atoms with van der Waals surface area (Å²) in [6.45, 7) is 0. The number of para-hydroxylation sites is 1. The molecule has 28 heavy (non-hydrogen) atoms. The smallest absolute Gasteiger partial charge is 0.225 e. The third kappa shape index (κ3) is 2.58. The lowest BCUT2D eigenvalue weighted by molar-refractivity contribution is 0.346. The Morgan fingerprint density at radius 3 is 1.89 bits per heavy atom. The predicted octanol–water partition coefficient (Wildman–Crippen LogP) is 4.36. The van der Waals surface area contributed by atoms with Crippen molar-refractivity contribution in [1.29, 1.82) is 0 Å². The summed E-state index contributed by atoms with van der Waals surface area (Å²) in [5.74, 6) is -2.81. The topological polar surface area (TPSA) is 87.4 Å². The molecular weight excluding hydrogens is 380 g/mol. The molecule has 6 nitrogen and oxygen atoms in total. The van der Waals surface area contributed by atoms with Crippen LogP contribution in [0.25, 0.3) is 0 Å². The average Bonchev–Trinajstić information content (AvgIpc) is 3.08. The van der Waals surface area contributed by atoms with Crippen LogP contribution in [-0.4, -0.2) is 20.4 Å². The second kappa shape index (κ2) is 6.58. The zero-order valence-corrected chi connectivity index (χ0v) is 15.3. The van der Waals surface area contributed by atoms with Crippen molar-refractivity contribution in [3.8, 4) is 23.0 Å². The van der Waals surface area contributed by atoms with Crippen molar-refractivity contribution in [3.05, 3.63) is 84.7 Å². The van der Waals surface area contributed by atoms with Crippen molar-refractivity contribution in [2.75, 3.05) is 9.80 Å². The molecule has 1 aliphatic heterocycles. The molecule has 0 aliphatic carbocycles. The van der Waals surface area contributed by atoms with E-state index in [9.17, 15) is 20.4 Å². The summed E-state index contributed by atoms with van der Waals surface area (Å²) in [6, 6.07) is 19.8. The van der Waals surface area contributed by atoms with Crippen molar-refractivity contribution in [2.45, 2.75) is 5.12 Å². The highest BCUT2D eigenvalue weighted by molar-refractivity contribution is 6.27. The molecule has 0 bridgehead atoms. The molecule has 0 spiro atoms. The van der Waals surface area contributed by atoms with Gasteiger partial charge in [-0.15, -0.1) is 0 Å². The van der Waals surface area contributed by atoms with Gasteiger partial charge in [-0.05, 0) is 12.1 Å². The number of phenolic OH excluding ortho intramolecular Hbond substituents is 4. The molecule has 0 saturated heterocycles. The first-order chi connectivity index (χ1) is 13.4. The standard InChI is InChI=1S/C21H17ClN2O4/c22-21(14-7-3-1-4-8-14)23(15-9-5-2-6-10-15)11-12-24(21)16-13-17(25)19(27)20(28)18(16)26/h1-13,25-28H. The van der Waals surface area contributed by atoms with Crippen molar-refractivity contribution >= 4 is 23.0 Å². The van der Waals surface area contributed by atoms with Gasteiger partial charge >= 0.3 is 0 Å². The van der Waals surface area contributed by atoms with E-state index in [4.69, 9.17) is 11.6 Å². The van der Waals surface area contributed by atoms with E-state index in [0.717, 1.165) is 11.8 Å². The lowest BCUT2D eigenvalue weighted by Gasteiger charge is -2.41. The van der Waals surface area contributed by atoms with Crippen molar-refractivity contribution in [1.82, 2.24) is 0 Å². The number of halogens is 1. The first-order valence-corrected chi connectivity index (χ1v) is 8.85. The molecule has 1 atom stereocenters. The molecule has 1 aliphatic rings. The maximum atomic E-state index is 10.4. The van der Waals surface area contributed by atoms with Gasteiger partial charge in [-0.2, -0.15) is 0 Å². The SMILES string of the molecule is Oc1cc(N2C=CN(c3ccccc3)C2(Cl)c2ccccc2)c(O)c(O)c1O. The Kier molecular flexibility index (Phi) is 4.20. The molecule has 1 heterocycles. The number of anilines is 2. The van der Waals surface area contributed by atoms with Gasteiger partial charge in [0.2, 0.25) is 16.6 Å². The minimum absolute atomic E-state index is 0.0290. The molecule has 7 heteroatoms. The van der Waals surface area contributed by atoms with Gasteiger partial charge < -0.3 is 30.2 Å². The predicted molar refractivity (Wildman–Crippen MR) is 108 cm³/mol. The van der Waals surface area contributed by atoms with E-state index >= 15 is 0 Å². The summed E-state index contributed by atoms with van der Waals surface area (Å²) in [4.78, 5) is 3.30. The second-order valence-corrected chi connectivity index (χ2v) is 6.81. The summed E-state index contributed by atoms with van der Waals surface area (Å²) in [7, 11) is 0. The monoisotopic (exact) mass is 396 g/mol. The van der Waals surface area contributed by atoms with Crippen LogP contribution in [0.2, 0.25) is 0 Å². The molecule has 142 valence electrons. The summed E-state index contributed by atoms with van der Waals surface area (Å²) in [5, 5.41) is 38.7. The van der Waals surface area contributed by atoms with Gasteiger partial charge in [-0.1, -0.05) is 60.1 Å². The van der Waals surface area contributed by atoms with Crippen LogP contribution in [0.5, 0.6) is 23.0 Å². The fourth-order valence-corrected chi connectivity index (χ4v) is 3.69. The van der Waals surface area contributed by atoms with Crippen LogP contribution in [0.3, 0.4) is 0 Å². The van der Waals surface area contributed by atoms with Gasteiger partial charge in [0.05, 0.1) is 5.69 Å². The highest BCUT2D eigenvalue weighted by atomic mass is 35.5. The number of hydrogen-bond donors (Lipinski definition) is 4. The van der Waals surface area contributed by atoms with E-state index in [1.54, 1.807) is 17.3 Å². The fraction of sp³-hybridized carbons (Fsp3) is 0.0476. The Hall–Kier alpha value is -3.51. The molecule has 0 amide bonds. The highest BCUT2D eigenvalue weighted by Crippen LogP contribution is 2.54. The number of benzene rings is 3. The lowest BCUT2D eigenvalue weighted by atomic mass is 10.1. The van der Waals surface area contributed by atoms with Crippen LogP contribution < -0.4 is 9.80 Å². The van der Waals surface area contributed by atoms with E-state index in [2.05, 4.69) is 0 Å². The second-order valence-electron chi connectivity index (χ2n) is 6.29. The molecule has 0 radical (unpaired) electrons. The first kappa shape index (κ1) is 17.9. The summed E-state index contributed by atoms with van der Waals surface area (Å²) < 4.78 is 0. The van der Waals surface area contributed by atoms with E-state index in [1.807, 2.05) is 60.7 Å². The minimum Gasteiger partial charge on any atom is -0.504 e. The molecule has 0 fully saturated rings.